The van der Waals surface area contributed by atoms with E-state index in [1.54, 1.807) is 6.08 Å². The van der Waals surface area contributed by atoms with Gasteiger partial charge >= 0.3 is 0 Å². The average molecular weight is 1390 g/mol. The molecule has 2 aliphatic rings. The summed E-state index contributed by atoms with van der Waals surface area (Å²) in [6, 6.07) is -0.938. The molecule has 2 aliphatic heterocycles. The van der Waals surface area contributed by atoms with Gasteiger partial charge in [0, 0.05) is 6.42 Å². The number of nitrogens with one attached hydrogen (secondary N) is 1. The van der Waals surface area contributed by atoms with Crippen LogP contribution in [0.3, 0.4) is 0 Å². The van der Waals surface area contributed by atoms with Gasteiger partial charge in [-0.2, -0.15) is 0 Å². The molecule has 98 heavy (non-hydrogen) atoms. The number of aliphatic hydroxyl groups excluding tert-OH is 8. The van der Waals surface area contributed by atoms with E-state index in [0.717, 1.165) is 44.9 Å². The van der Waals surface area contributed by atoms with Crippen molar-refractivity contribution in [3.63, 3.8) is 0 Å². The van der Waals surface area contributed by atoms with Crippen molar-refractivity contribution in [3.8, 4) is 0 Å². The molecule has 0 aliphatic carbocycles. The topological polar surface area (TPSA) is 228 Å². The number of rotatable bonds is 72. The maximum atomic E-state index is 13.4. The summed E-state index contributed by atoms with van der Waals surface area (Å²) in [7, 11) is 0. The smallest absolute Gasteiger partial charge is 0.220 e. The highest BCUT2D eigenvalue weighted by molar-refractivity contribution is 5.76. The largest absolute Gasteiger partial charge is 0.394 e. The Labute approximate surface area is 601 Å². The lowest BCUT2D eigenvalue weighted by molar-refractivity contribution is -0.359. The summed E-state index contributed by atoms with van der Waals surface area (Å²) < 4.78 is 22.9. The second-order valence-corrected chi connectivity index (χ2v) is 30.0. The molecule has 2 rings (SSSR count). The Kier molecular flexibility index (Phi) is 64.3. The molecule has 0 aromatic rings. The van der Waals surface area contributed by atoms with Crippen molar-refractivity contribution >= 4 is 5.91 Å². The predicted molar refractivity (Wildman–Crippen MR) is 406 cm³/mol. The fourth-order valence-corrected chi connectivity index (χ4v) is 14.2. The van der Waals surface area contributed by atoms with Crippen molar-refractivity contribution in [2.24, 2.45) is 0 Å². The lowest BCUT2D eigenvalue weighted by atomic mass is 9.97. The number of allylic oxidation sites excluding steroid dienone is 5. The summed E-state index contributed by atoms with van der Waals surface area (Å²) in [6.07, 6.45) is 74.0. The molecule has 2 heterocycles. The molecule has 2 fully saturated rings. The van der Waals surface area contributed by atoms with Crippen LogP contribution in [0.15, 0.2) is 36.5 Å². The molecule has 12 atom stereocenters. The van der Waals surface area contributed by atoms with Crippen molar-refractivity contribution in [3.05, 3.63) is 36.5 Å². The van der Waals surface area contributed by atoms with E-state index in [9.17, 15) is 45.6 Å². The molecule has 578 valence electrons. The lowest BCUT2D eigenvalue weighted by Gasteiger charge is -2.46. The minimum atomic E-state index is -1.79. The molecular formula is C84H159NO13. The third kappa shape index (κ3) is 50.6. The van der Waals surface area contributed by atoms with E-state index in [1.807, 2.05) is 6.08 Å². The third-order valence-electron chi connectivity index (χ3n) is 20.8. The monoisotopic (exact) mass is 1390 g/mol. The van der Waals surface area contributed by atoms with Gasteiger partial charge in [0.1, 0.15) is 48.8 Å². The second kappa shape index (κ2) is 68.3. The Morgan fingerprint density at radius 3 is 1.00 bits per heavy atom. The molecule has 0 aromatic heterocycles. The molecule has 0 spiro atoms. The van der Waals surface area contributed by atoms with Crippen molar-refractivity contribution in [1.82, 2.24) is 5.32 Å². The molecule has 0 aromatic carbocycles. The minimum absolute atomic E-state index is 0.244. The van der Waals surface area contributed by atoms with Crippen LogP contribution in [0.2, 0.25) is 0 Å². The van der Waals surface area contributed by atoms with Gasteiger partial charge in [-0.05, 0) is 44.9 Å². The zero-order chi connectivity index (χ0) is 70.8. The quantitative estimate of drug-likeness (QED) is 0.0204. The highest BCUT2D eigenvalue weighted by atomic mass is 16.7. The highest BCUT2D eigenvalue weighted by Gasteiger charge is 2.51. The first kappa shape index (κ1) is 92.3. The Balaban J connectivity index is 1.62. The summed E-state index contributed by atoms with van der Waals surface area (Å²) in [5.41, 5.74) is 0. The maximum Gasteiger partial charge on any atom is 0.220 e. The summed E-state index contributed by atoms with van der Waals surface area (Å²) in [5, 5.41) is 87.7. The first-order valence-corrected chi connectivity index (χ1v) is 42.2. The van der Waals surface area contributed by atoms with E-state index in [-0.39, 0.29) is 18.9 Å². The first-order chi connectivity index (χ1) is 48.1. The van der Waals surface area contributed by atoms with Crippen molar-refractivity contribution in [2.45, 2.75) is 473 Å². The van der Waals surface area contributed by atoms with Gasteiger partial charge in [-0.15, -0.1) is 0 Å². The van der Waals surface area contributed by atoms with E-state index < -0.39 is 86.8 Å². The number of aliphatic hydroxyl groups is 8. The van der Waals surface area contributed by atoms with Gasteiger partial charge in [-0.25, -0.2) is 0 Å². The van der Waals surface area contributed by atoms with Crippen LogP contribution in [0, 0.1) is 0 Å². The summed E-state index contributed by atoms with van der Waals surface area (Å²) in [4.78, 5) is 13.4. The highest BCUT2D eigenvalue weighted by Crippen LogP contribution is 2.30. The molecule has 12 unspecified atom stereocenters. The number of hydrogen-bond donors (Lipinski definition) is 9. The Morgan fingerprint density at radius 2 is 0.653 bits per heavy atom. The fourth-order valence-electron chi connectivity index (χ4n) is 14.2. The first-order valence-electron chi connectivity index (χ1n) is 42.2. The molecule has 2 saturated heterocycles. The second-order valence-electron chi connectivity index (χ2n) is 30.0. The van der Waals surface area contributed by atoms with Crippen LogP contribution < -0.4 is 5.32 Å². The van der Waals surface area contributed by atoms with Gasteiger partial charge < -0.3 is 65.1 Å². The zero-order valence-electron chi connectivity index (χ0n) is 63.6. The maximum absolute atomic E-state index is 13.4. The van der Waals surface area contributed by atoms with Gasteiger partial charge in [0.2, 0.25) is 5.91 Å². The number of ether oxygens (including phenoxy) is 4. The lowest BCUT2D eigenvalue weighted by Crippen LogP contribution is -2.65. The molecule has 9 N–H and O–H groups in total. The molecule has 0 radical (unpaired) electrons. The Morgan fingerprint density at radius 1 is 0.357 bits per heavy atom. The van der Waals surface area contributed by atoms with Crippen LogP contribution in [0.1, 0.15) is 399 Å². The SMILES string of the molecule is CCCCCCCCCCCCCCCCCCCCCCCC/C=C/CC/C=C/CC/C=C/C(O)C(COC1OC(CO)C(OC2OC(CO)C(O)C(O)C2O)C(O)C1O)NC(=O)CCCCCCCCCCCCCCCCCCCCCCCCCCCCCCCCCC. The zero-order valence-corrected chi connectivity index (χ0v) is 63.6. The van der Waals surface area contributed by atoms with Crippen LogP contribution in [-0.2, 0) is 23.7 Å². The summed E-state index contributed by atoms with van der Waals surface area (Å²) in [6.45, 7) is 2.85. The molecule has 14 heteroatoms. The van der Waals surface area contributed by atoms with Gasteiger partial charge in [-0.1, -0.05) is 384 Å². The fraction of sp³-hybridized carbons (Fsp3) is 0.917. The number of amides is 1. The standard InChI is InChI=1S/C84H159NO13/c1-3-5-7-9-11-13-15-17-19-21-23-25-27-29-31-33-35-37-39-41-43-45-47-49-51-53-55-57-59-61-63-65-67-73(88)72(71-95-83-81(94)79(92)82(75(70-87)97-83)98-84-80(93)78(91)77(90)74(69-86)96-84)85-76(89)68-66-64-62-60-58-56-54-52-50-48-46-44-42-40-38-36-34-32-30-28-26-24-22-20-18-16-14-12-10-8-6-4-2/h49,51,57,59,65,67,72-75,77-84,86-88,90-94H,3-48,50,52-56,58,60-64,66,68-71H2,1-2H3,(H,85,89)/b51-49+,59-57+,67-65+. The average Bonchev–Trinajstić information content (AvgIpc) is 0.792. The number of carbonyl (C=O) groups excluding carboxylic acids is 1. The predicted octanol–water partition coefficient (Wildman–Crippen LogP) is 19.6. The van der Waals surface area contributed by atoms with Crippen LogP contribution in [0.5, 0.6) is 0 Å². The van der Waals surface area contributed by atoms with Gasteiger partial charge in [-0.3, -0.25) is 4.79 Å². The third-order valence-corrected chi connectivity index (χ3v) is 20.8. The Bertz CT molecular complexity index is 1780. The molecule has 1 amide bonds. The van der Waals surface area contributed by atoms with E-state index in [0.29, 0.717) is 12.8 Å². The molecule has 0 bridgehead atoms. The number of carbonyl (C=O) groups is 1. The molecular weight excluding hydrogens is 1230 g/mol. The van der Waals surface area contributed by atoms with Crippen LogP contribution in [0.25, 0.3) is 0 Å². The number of hydrogen-bond acceptors (Lipinski definition) is 13. The van der Waals surface area contributed by atoms with Gasteiger partial charge in [0.25, 0.3) is 0 Å². The van der Waals surface area contributed by atoms with E-state index >= 15 is 0 Å². The van der Waals surface area contributed by atoms with Crippen molar-refractivity contribution < 1.29 is 64.6 Å². The van der Waals surface area contributed by atoms with E-state index in [4.69, 9.17) is 18.9 Å². The summed E-state index contributed by atoms with van der Waals surface area (Å²) in [5.74, 6) is -0.244. The van der Waals surface area contributed by atoms with Crippen LogP contribution in [0.4, 0.5) is 0 Å². The van der Waals surface area contributed by atoms with Gasteiger partial charge in [0.15, 0.2) is 12.6 Å². The van der Waals surface area contributed by atoms with E-state index in [2.05, 4.69) is 43.5 Å². The Hall–Kier alpha value is -1.79. The van der Waals surface area contributed by atoms with E-state index in [1.165, 1.54) is 321 Å². The van der Waals surface area contributed by atoms with Gasteiger partial charge in [0.05, 0.1) is 32.0 Å². The van der Waals surface area contributed by atoms with Crippen molar-refractivity contribution in [1.29, 1.82) is 0 Å². The van der Waals surface area contributed by atoms with Crippen molar-refractivity contribution in [2.75, 3.05) is 19.8 Å². The molecule has 0 saturated carbocycles. The van der Waals surface area contributed by atoms with Crippen LogP contribution in [-0.4, -0.2) is 140 Å². The number of unbranched alkanes of at least 4 members (excludes halogenated alkanes) is 55. The minimum Gasteiger partial charge on any atom is -0.394 e. The molecule has 14 nitrogen and oxygen atoms in total. The van der Waals surface area contributed by atoms with Crippen LogP contribution >= 0.6 is 0 Å². The summed E-state index contributed by atoms with van der Waals surface area (Å²) >= 11 is 0. The normalized spacial score (nSPS) is 22.1.